The molecule has 3 saturated heterocycles. The van der Waals surface area contributed by atoms with Gasteiger partial charge in [-0.05, 0) is 36.9 Å². The molecule has 3 aromatic heterocycles. The van der Waals surface area contributed by atoms with E-state index in [0.717, 1.165) is 66.4 Å². The molecule has 0 saturated carbocycles. The van der Waals surface area contributed by atoms with Crippen LogP contribution < -0.4 is 9.80 Å². The molecule has 0 aliphatic carbocycles. The molecule has 1 atom stereocenters. The van der Waals surface area contributed by atoms with Gasteiger partial charge in [-0.1, -0.05) is 6.07 Å². The zero-order valence-corrected chi connectivity index (χ0v) is 18.9. The molecule has 3 aliphatic heterocycles. The summed E-state index contributed by atoms with van der Waals surface area (Å²) in [5, 5.41) is 2.09. The standard InChI is InChI=1S/C23H27N7OS/c1-3-17-16-30(9-8-28(17)7-1)23-25-15-18(21(27-23)20-4-2-14-32-20)19-5-6-24-22(26-19)29-10-12-31-13-11-29/h2,4-6,14-15,17H,1,3,7-13,16H2. The van der Waals surface area contributed by atoms with E-state index in [4.69, 9.17) is 19.7 Å². The first-order chi connectivity index (χ1) is 15.8. The van der Waals surface area contributed by atoms with Gasteiger partial charge in [0.05, 0.1) is 29.5 Å². The van der Waals surface area contributed by atoms with E-state index in [2.05, 4.69) is 37.2 Å². The maximum Gasteiger partial charge on any atom is 0.226 e. The van der Waals surface area contributed by atoms with Gasteiger partial charge < -0.3 is 14.5 Å². The number of morpholine rings is 1. The van der Waals surface area contributed by atoms with Crippen LogP contribution in [0.15, 0.2) is 36.0 Å². The van der Waals surface area contributed by atoms with Crippen molar-refractivity contribution in [2.45, 2.75) is 18.9 Å². The van der Waals surface area contributed by atoms with Gasteiger partial charge in [0.1, 0.15) is 0 Å². The van der Waals surface area contributed by atoms with Crippen LogP contribution in [0.25, 0.3) is 21.8 Å². The van der Waals surface area contributed by atoms with Crippen LogP contribution in [-0.4, -0.2) is 83.4 Å². The predicted octanol–water partition coefficient (Wildman–Crippen LogP) is 2.78. The Morgan fingerprint density at radius 2 is 1.84 bits per heavy atom. The molecule has 0 amide bonds. The molecule has 166 valence electrons. The monoisotopic (exact) mass is 449 g/mol. The van der Waals surface area contributed by atoms with Gasteiger partial charge in [0.25, 0.3) is 0 Å². The number of hydrogen-bond donors (Lipinski definition) is 0. The number of hydrogen-bond acceptors (Lipinski definition) is 9. The van der Waals surface area contributed by atoms with Crippen LogP contribution >= 0.6 is 11.3 Å². The Morgan fingerprint density at radius 3 is 2.72 bits per heavy atom. The zero-order chi connectivity index (χ0) is 21.3. The Hall–Kier alpha value is -2.62. The first-order valence-corrected chi connectivity index (χ1v) is 12.3. The van der Waals surface area contributed by atoms with Crippen LogP contribution in [0.1, 0.15) is 12.8 Å². The highest BCUT2D eigenvalue weighted by molar-refractivity contribution is 7.13. The maximum atomic E-state index is 5.48. The van der Waals surface area contributed by atoms with Crippen molar-refractivity contribution in [1.29, 1.82) is 0 Å². The highest BCUT2D eigenvalue weighted by Gasteiger charge is 2.32. The molecule has 32 heavy (non-hydrogen) atoms. The molecule has 3 aromatic rings. The minimum Gasteiger partial charge on any atom is -0.378 e. The molecule has 3 aliphatic rings. The Kier molecular flexibility index (Phi) is 5.46. The van der Waals surface area contributed by atoms with E-state index in [-0.39, 0.29) is 0 Å². The van der Waals surface area contributed by atoms with Gasteiger partial charge in [0.15, 0.2) is 0 Å². The number of rotatable bonds is 4. The predicted molar refractivity (Wildman–Crippen MR) is 126 cm³/mol. The number of anilines is 2. The average Bonchev–Trinajstić information content (AvgIpc) is 3.56. The summed E-state index contributed by atoms with van der Waals surface area (Å²) < 4.78 is 5.48. The SMILES string of the molecule is c1csc(-c2nc(N3CCN4CCCC4C3)ncc2-c2ccnc(N3CCOCC3)n2)c1. The Labute approximate surface area is 191 Å². The van der Waals surface area contributed by atoms with Crippen molar-refractivity contribution >= 4 is 23.2 Å². The van der Waals surface area contributed by atoms with Crippen molar-refractivity contribution in [2.24, 2.45) is 0 Å². The molecular formula is C23H27N7OS. The van der Waals surface area contributed by atoms with Gasteiger partial charge in [0.2, 0.25) is 11.9 Å². The molecule has 1 unspecified atom stereocenters. The second-order valence-electron chi connectivity index (χ2n) is 8.53. The van der Waals surface area contributed by atoms with E-state index in [0.29, 0.717) is 19.3 Å². The molecule has 0 aromatic carbocycles. The molecule has 8 nitrogen and oxygen atoms in total. The summed E-state index contributed by atoms with van der Waals surface area (Å²) in [4.78, 5) is 27.6. The lowest BCUT2D eigenvalue weighted by Crippen LogP contribution is -2.50. The van der Waals surface area contributed by atoms with Crippen molar-refractivity contribution in [1.82, 2.24) is 24.8 Å². The second kappa shape index (κ2) is 8.73. The third kappa shape index (κ3) is 3.85. The van der Waals surface area contributed by atoms with Crippen LogP contribution in [-0.2, 0) is 4.74 Å². The van der Waals surface area contributed by atoms with E-state index < -0.39 is 0 Å². The lowest BCUT2D eigenvalue weighted by molar-refractivity contribution is 0.122. The molecule has 0 radical (unpaired) electrons. The minimum atomic E-state index is 0.634. The zero-order valence-electron chi connectivity index (χ0n) is 18.1. The molecule has 6 heterocycles. The maximum absolute atomic E-state index is 5.48. The highest BCUT2D eigenvalue weighted by Crippen LogP contribution is 2.34. The largest absolute Gasteiger partial charge is 0.378 e. The summed E-state index contributed by atoms with van der Waals surface area (Å²) in [7, 11) is 0. The quantitative estimate of drug-likeness (QED) is 0.602. The van der Waals surface area contributed by atoms with E-state index in [1.807, 2.05) is 18.5 Å². The Bertz CT molecular complexity index is 1070. The third-order valence-corrected chi connectivity index (χ3v) is 7.49. The molecule has 0 bridgehead atoms. The van der Waals surface area contributed by atoms with Crippen molar-refractivity contribution < 1.29 is 4.74 Å². The Morgan fingerprint density at radius 1 is 0.938 bits per heavy atom. The molecule has 0 N–H and O–H groups in total. The van der Waals surface area contributed by atoms with Gasteiger partial charge in [-0.25, -0.2) is 19.9 Å². The van der Waals surface area contributed by atoms with Gasteiger partial charge in [-0.15, -0.1) is 11.3 Å². The second-order valence-corrected chi connectivity index (χ2v) is 9.48. The summed E-state index contributed by atoms with van der Waals surface area (Å²) >= 11 is 1.70. The summed E-state index contributed by atoms with van der Waals surface area (Å²) in [5.41, 5.74) is 2.76. The average molecular weight is 450 g/mol. The fraction of sp³-hybridized carbons (Fsp3) is 0.478. The smallest absolute Gasteiger partial charge is 0.226 e. The third-order valence-electron chi connectivity index (χ3n) is 6.61. The lowest BCUT2D eigenvalue weighted by Gasteiger charge is -2.37. The van der Waals surface area contributed by atoms with Crippen LogP contribution in [0.3, 0.4) is 0 Å². The molecule has 9 heteroatoms. The van der Waals surface area contributed by atoms with Crippen LogP contribution in [0.4, 0.5) is 11.9 Å². The fourth-order valence-corrected chi connectivity index (χ4v) is 5.63. The summed E-state index contributed by atoms with van der Waals surface area (Å²) in [6.45, 7) is 7.36. The summed E-state index contributed by atoms with van der Waals surface area (Å²) in [5.74, 6) is 1.57. The van der Waals surface area contributed by atoms with Crippen LogP contribution in [0.5, 0.6) is 0 Å². The first-order valence-electron chi connectivity index (χ1n) is 11.4. The van der Waals surface area contributed by atoms with Crippen molar-refractivity contribution in [3.8, 4) is 21.8 Å². The molecule has 3 fully saturated rings. The van der Waals surface area contributed by atoms with Crippen molar-refractivity contribution in [3.63, 3.8) is 0 Å². The molecule has 6 rings (SSSR count). The lowest BCUT2D eigenvalue weighted by atomic mass is 10.1. The number of nitrogens with zero attached hydrogens (tertiary/aromatic N) is 7. The van der Waals surface area contributed by atoms with Crippen molar-refractivity contribution in [3.05, 3.63) is 36.0 Å². The van der Waals surface area contributed by atoms with Gasteiger partial charge >= 0.3 is 0 Å². The normalized spacial score (nSPS) is 21.7. The summed E-state index contributed by atoms with van der Waals surface area (Å²) in [6.07, 6.45) is 6.36. The van der Waals surface area contributed by atoms with Gasteiger partial charge in [-0.3, -0.25) is 4.90 Å². The number of ether oxygens (including phenoxy) is 1. The molecular weight excluding hydrogens is 422 g/mol. The van der Waals surface area contributed by atoms with Gasteiger partial charge in [0, 0.05) is 56.7 Å². The number of aromatic nitrogens is 4. The summed E-state index contributed by atoms with van der Waals surface area (Å²) in [6, 6.07) is 6.79. The number of fused-ring (bicyclic) bond motifs is 1. The highest BCUT2D eigenvalue weighted by atomic mass is 32.1. The van der Waals surface area contributed by atoms with E-state index in [9.17, 15) is 0 Å². The van der Waals surface area contributed by atoms with Crippen molar-refractivity contribution in [2.75, 3.05) is 62.3 Å². The van der Waals surface area contributed by atoms with Gasteiger partial charge in [-0.2, -0.15) is 0 Å². The topological polar surface area (TPSA) is 70.5 Å². The van der Waals surface area contributed by atoms with E-state index in [1.54, 1.807) is 11.3 Å². The van der Waals surface area contributed by atoms with Crippen LogP contribution in [0.2, 0.25) is 0 Å². The fourth-order valence-electron chi connectivity index (χ4n) is 4.90. The number of piperazine rings is 1. The molecule has 0 spiro atoms. The number of thiophene rings is 1. The van der Waals surface area contributed by atoms with E-state index in [1.165, 1.54) is 19.4 Å². The Balaban J connectivity index is 1.35. The van der Waals surface area contributed by atoms with E-state index >= 15 is 0 Å². The minimum absolute atomic E-state index is 0.634. The van der Waals surface area contributed by atoms with Crippen LogP contribution in [0, 0.1) is 0 Å². The first kappa shape index (κ1) is 20.0.